The fourth-order valence-electron chi connectivity index (χ4n) is 5.21. The molecule has 43 heavy (non-hydrogen) atoms. The smallest absolute Gasteiger partial charge is 0.408 e. The second kappa shape index (κ2) is 15.5. The van der Waals surface area contributed by atoms with E-state index in [0.29, 0.717) is 38.8 Å². The summed E-state index contributed by atoms with van der Waals surface area (Å²) in [7, 11) is 0. The lowest BCUT2D eigenvalue weighted by Gasteiger charge is -2.35. The summed E-state index contributed by atoms with van der Waals surface area (Å²) in [4.78, 5) is 54.4. The molecule has 1 fully saturated rings. The summed E-state index contributed by atoms with van der Waals surface area (Å²) in [5, 5.41) is 8.81. The Morgan fingerprint density at radius 3 is 1.98 bits per heavy atom. The molecule has 0 radical (unpaired) electrons. The molecular formula is C34H48N4O5. The minimum absolute atomic E-state index is 0.172. The highest BCUT2D eigenvalue weighted by molar-refractivity contribution is 5.89. The second-order valence-electron chi connectivity index (χ2n) is 12.8. The Kier molecular flexibility index (Phi) is 12.2. The van der Waals surface area contributed by atoms with Crippen molar-refractivity contribution in [3.8, 4) is 0 Å². The first-order valence-corrected chi connectivity index (χ1v) is 15.3. The van der Waals surface area contributed by atoms with E-state index in [1.54, 1.807) is 25.7 Å². The lowest BCUT2D eigenvalue weighted by molar-refractivity contribution is -0.138. The molecule has 2 aromatic carbocycles. The van der Waals surface area contributed by atoms with Gasteiger partial charge in [-0.2, -0.15) is 0 Å². The summed E-state index contributed by atoms with van der Waals surface area (Å²) in [5.74, 6) is -0.754. The summed E-state index contributed by atoms with van der Waals surface area (Å²) >= 11 is 0. The average Bonchev–Trinajstić information content (AvgIpc) is 2.96. The number of likely N-dealkylation sites (tertiary alicyclic amines) is 1. The van der Waals surface area contributed by atoms with E-state index < -0.39 is 23.8 Å². The Morgan fingerprint density at radius 1 is 0.837 bits per heavy atom. The van der Waals surface area contributed by atoms with E-state index in [2.05, 4.69) is 16.0 Å². The Bertz CT molecular complexity index is 1200. The molecule has 0 aliphatic carbocycles. The number of hydrogen-bond acceptors (Lipinski definition) is 5. The third-order valence-electron chi connectivity index (χ3n) is 7.45. The van der Waals surface area contributed by atoms with Gasteiger partial charge in [-0.05, 0) is 64.0 Å². The van der Waals surface area contributed by atoms with Gasteiger partial charge in [-0.15, -0.1) is 0 Å². The molecule has 2 aromatic rings. The highest BCUT2D eigenvalue weighted by Crippen LogP contribution is 2.21. The molecule has 0 aromatic heterocycles. The molecule has 1 aliphatic rings. The van der Waals surface area contributed by atoms with Crippen LogP contribution in [0, 0.1) is 11.8 Å². The van der Waals surface area contributed by atoms with Crippen molar-refractivity contribution < 1.29 is 23.9 Å². The number of nitrogens with zero attached hydrogens (tertiary/aromatic N) is 1. The first-order valence-electron chi connectivity index (χ1n) is 15.3. The number of amides is 4. The van der Waals surface area contributed by atoms with Crippen molar-refractivity contribution in [2.75, 3.05) is 13.1 Å². The first-order chi connectivity index (χ1) is 20.3. The van der Waals surface area contributed by atoms with Crippen molar-refractivity contribution in [3.05, 3.63) is 71.8 Å². The van der Waals surface area contributed by atoms with Crippen LogP contribution in [-0.2, 0) is 25.5 Å². The second-order valence-corrected chi connectivity index (χ2v) is 12.8. The topological polar surface area (TPSA) is 117 Å². The number of hydrogen-bond donors (Lipinski definition) is 3. The maximum absolute atomic E-state index is 13.4. The molecule has 0 unspecified atom stereocenters. The number of alkyl carbamates (subject to hydrolysis) is 1. The summed E-state index contributed by atoms with van der Waals surface area (Å²) in [6, 6.07) is 17.7. The third kappa shape index (κ3) is 11.0. The van der Waals surface area contributed by atoms with Crippen LogP contribution in [0.3, 0.4) is 0 Å². The fourth-order valence-corrected chi connectivity index (χ4v) is 5.21. The molecule has 3 N–H and O–H groups in total. The van der Waals surface area contributed by atoms with Gasteiger partial charge in [-0.3, -0.25) is 14.4 Å². The maximum atomic E-state index is 13.4. The van der Waals surface area contributed by atoms with Crippen LogP contribution in [0.4, 0.5) is 4.79 Å². The summed E-state index contributed by atoms with van der Waals surface area (Å²) < 4.78 is 5.38. The average molecular weight is 593 g/mol. The van der Waals surface area contributed by atoms with Crippen LogP contribution in [0.5, 0.6) is 0 Å². The van der Waals surface area contributed by atoms with Gasteiger partial charge in [0.15, 0.2) is 0 Å². The molecule has 0 saturated carbocycles. The van der Waals surface area contributed by atoms with Gasteiger partial charge in [0.2, 0.25) is 17.7 Å². The minimum atomic E-state index is -0.742. The SMILES string of the molecule is CC(C)C[C@H](NC(=O)OC(C)(C)C)C(=O)N1CCC(C(=O)N[C@@H](Cc2ccccc2)C(=O)N[C@@H](C)c2ccccc2)CC1. The highest BCUT2D eigenvalue weighted by Gasteiger charge is 2.34. The van der Waals surface area contributed by atoms with E-state index in [-0.39, 0.29) is 35.6 Å². The largest absolute Gasteiger partial charge is 0.444 e. The molecule has 0 bridgehead atoms. The summed E-state index contributed by atoms with van der Waals surface area (Å²) in [6.07, 6.45) is 1.17. The molecule has 3 rings (SSSR count). The zero-order valence-corrected chi connectivity index (χ0v) is 26.4. The lowest BCUT2D eigenvalue weighted by atomic mass is 9.93. The van der Waals surface area contributed by atoms with Gasteiger partial charge in [-0.25, -0.2) is 4.79 Å². The predicted octanol–water partition coefficient (Wildman–Crippen LogP) is 4.77. The Labute approximate surface area is 256 Å². The van der Waals surface area contributed by atoms with Gasteiger partial charge >= 0.3 is 6.09 Å². The van der Waals surface area contributed by atoms with Gasteiger partial charge in [0.25, 0.3) is 0 Å². The maximum Gasteiger partial charge on any atom is 0.408 e. The quantitative estimate of drug-likeness (QED) is 0.348. The van der Waals surface area contributed by atoms with Crippen LogP contribution in [0.1, 0.15) is 78.0 Å². The van der Waals surface area contributed by atoms with Crippen LogP contribution in [0.15, 0.2) is 60.7 Å². The van der Waals surface area contributed by atoms with Gasteiger partial charge in [0, 0.05) is 25.4 Å². The molecule has 4 amide bonds. The van der Waals surface area contributed by atoms with Gasteiger partial charge < -0.3 is 25.6 Å². The highest BCUT2D eigenvalue weighted by atomic mass is 16.6. The van der Waals surface area contributed by atoms with Crippen molar-refractivity contribution in [2.24, 2.45) is 11.8 Å². The van der Waals surface area contributed by atoms with E-state index in [1.165, 1.54) is 0 Å². The molecule has 234 valence electrons. The third-order valence-corrected chi connectivity index (χ3v) is 7.45. The number of ether oxygens (including phenoxy) is 1. The van der Waals surface area contributed by atoms with Crippen molar-refractivity contribution in [1.29, 1.82) is 0 Å². The van der Waals surface area contributed by atoms with E-state index in [9.17, 15) is 19.2 Å². The first kappa shape index (κ1) is 33.6. The van der Waals surface area contributed by atoms with Crippen LogP contribution < -0.4 is 16.0 Å². The molecule has 0 spiro atoms. The number of carbonyl (C=O) groups excluding carboxylic acids is 4. The van der Waals surface area contributed by atoms with Crippen LogP contribution >= 0.6 is 0 Å². The molecule has 1 saturated heterocycles. The Hall–Kier alpha value is -3.88. The standard InChI is InChI=1S/C34H48N4O5/c1-23(2)21-29(37-33(42)43-34(4,5)6)32(41)38-19-17-27(18-20-38)30(39)36-28(22-25-13-9-7-10-14-25)31(40)35-24(3)26-15-11-8-12-16-26/h7-16,23-24,27-29H,17-22H2,1-6H3,(H,35,40)(H,36,39)(H,37,42)/t24-,28-,29-/m0/s1. The van der Waals surface area contributed by atoms with Crippen molar-refractivity contribution in [3.63, 3.8) is 0 Å². The Morgan fingerprint density at radius 2 is 1.42 bits per heavy atom. The molecule has 1 aliphatic heterocycles. The predicted molar refractivity (Wildman–Crippen MR) is 167 cm³/mol. The van der Waals surface area contributed by atoms with Crippen LogP contribution in [-0.4, -0.2) is 59.5 Å². The molecular weight excluding hydrogens is 544 g/mol. The van der Waals surface area contributed by atoms with Crippen molar-refractivity contribution >= 4 is 23.8 Å². The molecule has 1 heterocycles. The Balaban J connectivity index is 1.62. The fraction of sp³-hybridized carbons (Fsp3) is 0.529. The van der Waals surface area contributed by atoms with Crippen molar-refractivity contribution in [1.82, 2.24) is 20.9 Å². The zero-order valence-electron chi connectivity index (χ0n) is 26.4. The van der Waals surface area contributed by atoms with E-state index in [1.807, 2.05) is 81.4 Å². The number of benzene rings is 2. The number of carbonyl (C=O) groups is 4. The van der Waals surface area contributed by atoms with Crippen molar-refractivity contribution in [2.45, 2.75) is 91.0 Å². The monoisotopic (exact) mass is 592 g/mol. The molecule has 3 atom stereocenters. The van der Waals surface area contributed by atoms with Gasteiger partial charge in [0.1, 0.15) is 17.7 Å². The van der Waals surface area contributed by atoms with E-state index in [0.717, 1.165) is 11.1 Å². The number of piperidine rings is 1. The van der Waals surface area contributed by atoms with Gasteiger partial charge in [0.05, 0.1) is 6.04 Å². The minimum Gasteiger partial charge on any atom is -0.444 e. The normalized spacial score (nSPS) is 16.1. The van der Waals surface area contributed by atoms with Gasteiger partial charge in [-0.1, -0.05) is 74.5 Å². The van der Waals surface area contributed by atoms with E-state index in [4.69, 9.17) is 4.74 Å². The zero-order chi connectivity index (χ0) is 31.6. The number of nitrogens with one attached hydrogen (secondary N) is 3. The van der Waals surface area contributed by atoms with E-state index >= 15 is 0 Å². The van der Waals surface area contributed by atoms with Crippen LogP contribution in [0.25, 0.3) is 0 Å². The number of rotatable bonds is 11. The van der Waals surface area contributed by atoms with Crippen LogP contribution in [0.2, 0.25) is 0 Å². The molecule has 9 heteroatoms. The summed E-state index contributed by atoms with van der Waals surface area (Å²) in [6.45, 7) is 12.0. The summed E-state index contributed by atoms with van der Waals surface area (Å²) in [5.41, 5.74) is 1.26. The molecule has 9 nitrogen and oxygen atoms in total. The lowest BCUT2D eigenvalue weighted by Crippen LogP contribution is -2.54.